The molecular formula is C16H23NO2. The molecule has 1 fully saturated rings. The summed E-state index contributed by atoms with van der Waals surface area (Å²) in [6, 6.07) is 9.96. The van der Waals surface area contributed by atoms with Crippen molar-refractivity contribution in [3.05, 3.63) is 35.9 Å². The fourth-order valence-corrected chi connectivity index (χ4v) is 3.41. The number of carbonyl (C=O) groups is 1. The van der Waals surface area contributed by atoms with Gasteiger partial charge in [0.1, 0.15) is 0 Å². The zero-order valence-electron chi connectivity index (χ0n) is 11.8. The third kappa shape index (κ3) is 2.39. The van der Waals surface area contributed by atoms with E-state index in [1.54, 1.807) is 19.0 Å². The van der Waals surface area contributed by atoms with Crippen LogP contribution in [0.1, 0.15) is 31.2 Å². The van der Waals surface area contributed by atoms with Gasteiger partial charge in [-0.15, -0.1) is 0 Å². The second-order valence-corrected chi connectivity index (χ2v) is 5.66. The molecule has 2 atom stereocenters. The van der Waals surface area contributed by atoms with Crippen LogP contribution in [0.15, 0.2) is 30.3 Å². The van der Waals surface area contributed by atoms with Crippen molar-refractivity contribution in [1.82, 2.24) is 4.90 Å². The molecule has 0 aromatic heterocycles. The molecule has 1 amide bonds. The Labute approximate surface area is 115 Å². The van der Waals surface area contributed by atoms with Gasteiger partial charge < -0.3 is 10.0 Å². The van der Waals surface area contributed by atoms with Crippen molar-refractivity contribution in [3.8, 4) is 0 Å². The number of nitrogens with zero attached hydrogens (tertiary/aromatic N) is 1. The number of amides is 1. The van der Waals surface area contributed by atoms with Crippen molar-refractivity contribution in [2.24, 2.45) is 5.92 Å². The van der Waals surface area contributed by atoms with E-state index in [1.807, 2.05) is 30.3 Å². The molecule has 0 spiro atoms. The largest absolute Gasteiger partial charge is 0.396 e. The quantitative estimate of drug-likeness (QED) is 0.906. The van der Waals surface area contributed by atoms with Gasteiger partial charge in [0, 0.05) is 26.6 Å². The van der Waals surface area contributed by atoms with E-state index in [-0.39, 0.29) is 18.4 Å². The van der Waals surface area contributed by atoms with E-state index in [4.69, 9.17) is 0 Å². The lowest BCUT2D eigenvalue weighted by Crippen LogP contribution is -2.51. The molecule has 1 N–H and O–H groups in total. The fraction of sp³-hybridized carbons (Fsp3) is 0.562. The summed E-state index contributed by atoms with van der Waals surface area (Å²) >= 11 is 0. The first-order chi connectivity index (χ1) is 9.13. The molecule has 3 heteroatoms. The number of hydrogen-bond acceptors (Lipinski definition) is 2. The van der Waals surface area contributed by atoms with Crippen LogP contribution in [0, 0.1) is 5.92 Å². The Morgan fingerprint density at radius 3 is 2.58 bits per heavy atom. The van der Waals surface area contributed by atoms with Crippen LogP contribution in [-0.2, 0) is 10.2 Å². The SMILES string of the molecule is CN(C)C(=O)[C@@]1(c2ccccc2)CCCCC1CO. The topological polar surface area (TPSA) is 40.5 Å². The summed E-state index contributed by atoms with van der Waals surface area (Å²) in [5, 5.41) is 9.75. The molecule has 104 valence electrons. The Hall–Kier alpha value is -1.35. The van der Waals surface area contributed by atoms with E-state index in [0.717, 1.165) is 31.2 Å². The molecule has 0 radical (unpaired) electrons. The van der Waals surface area contributed by atoms with Gasteiger partial charge >= 0.3 is 0 Å². The normalized spacial score (nSPS) is 27.0. The van der Waals surface area contributed by atoms with Crippen molar-refractivity contribution in [2.75, 3.05) is 20.7 Å². The highest BCUT2D eigenvalue weighted by Crippen LogP contribution is 2.44. The van der Waals surface area contributed by atoms with Gasteiger partial charge in [0.15, 0.2) is 0 Å². The Morgan fingerprint density at radius 2 is 2.00 bits per heavy atom. The van der Waals surface area contributed by atoms with Crippen LogP contribution in [0.2, 0.25) is 0 Å². The van der Waals surface area contributed by atoms with Crippen LogP contribution < -0.4 is 0 Å². The van der Waals surface area contributed by atoms with E-state index in [0.29, 0.717) is 0 Å². The molecule has 1 unspecified atom stereocenters. The molecule has 1 aliphatic rings. The van der Waals surface area contributed by atoms with Crippen molar-refractivity contribution in [2.45, 2.75) is 31.1 Å². The predicted molar refractivity (Wildman–Crippen MR) is 75.9 cm³/mol. The highest BCUT2D eigenvalue weighted by Gasteiger charge is 2.48. The summed E-state index contributed by atoms with van der Waals surface area (Å²) in [7, 11) is 3.60. The van der Waals surface area contributed by atoms with E-state index >= 15 is 0 Å². The molecule has 1 aromatic carbocycles. The predicted octanol–water partition coefficient (Wildman–Crippen LogP) is 2.20. The van der Waals surface area contributed by atoms with Crippen molar-refractivity contribution < 1.29 is 9.90 Å². The maximum Gasteiger partial charge on any atom is 0.233 e. The molecule has 1 aliphatic carbocycles. The minimum Gasteiger partial charge on any atom is -0.396 e. The second kappa shape index (κ2) is 5.74. The van der Waals surface area contributed by atoms with Crippen LogP contribution in [0.3, 0.4) is 0 Å². The first-order valence-corrected chi connectivity index (χ1v) is 7.01. The number of aliphatic hydroxyl groups is 1. The zero-order valence-corrected chi connectivity index (χ0v) is 11.8. The molecule has 0 bridgehead atoms. The summed E-state index contributed by atoms with van der Waals surface area (Å²) in [6.07, 6.45) is 3.90. The minimum atomic E-state index is -0.544. The maximum atomic E-state index is 12.8. The van der Waals surface area contributed by atoms with Gasteiger partial charge in [-0.05, 0) is 18.4 Å². The highest BCUT2D eigenvalue weighted by molar-refractivity contribution is 5.88. The molecule has 3 nitrogen and oxygen atoms in total. The van der Waals surface area contributed by atoms with Crippen LogP contribution in [0.25, 0.3) is 0 Å². The van der Waals surface area contributed by atoms with E-state index in [9.17, 15) is 9.90 Å². The lowest BCUT2D eigenvalue weighted by atomic mass is 9.62. The van der Waals surface area contributed by atoms with Crippen LogP contribution in [-0.4, -0.2) is 36.6 Å². The van der Waals surface area contributed by atoms with E-state index < -0.39 is 5.41 Å². The Balaban J connectivity index is 2.51. The standard InChI is InChI=1S/C16H23NO2/c1-17(2)15(19)16(13-8-4-3-5-9-13)11-7-6-10-14(16)12-18/h3-5,8-9,14,18H,6-7,10-12H2,1-2H3/t14?,16-/m1/s1. The van der Waals surface area contributed by atoms with E-state index in [1.165, 1.54) is 0 Å². The fourth-order valence-electron chi connectivity index (χ4n) is 3.41. The molecule has 0 saturated heterocycles. The average Bonchev–Trinajstić information content (AvgIpc) is 2.47. The van der Waals surface area contributed by atoms with Gasteiger partial charge in [-0.3, -0.25) is 4.79 Å². The first-order valence-electron chi connectivity index (χ1n) is 7.01. The molecule has 1 saturated carbocycles. The molecule has 0 heterocycles. The van der Waals surface area contributed by atoms with Crippen molar-refractivity contribution >= 4 is 5.91 Å². The first kappa shape index (κ1) is 14.1. The van der Waals surface area contributed by atoms with Crippen molar-refractivity contribution in [1.29, 1.82) is 0 Å². The molecule has 19 heavy (non-hydrogen) atoms. The minimum absolute atomic E-state index is 0.0264. The van der Waals surface area contributed by atoms with Gasteiger partial charge in [0.25, 0.3) is 0 Å². The summed E-state index contributed by atoms with van der Waals surface area (Å²) < 4.78 is 0. The molecular weight excluding hydrogens is 238 g/mol. The summed E-state index contributed by atoms with van der Waals surface area (Å²) in [4.78, 5) is 14.5. The van der Waals surface area contributed by atoms with Crippen LogP contribution >= 0.6 is 0 Å². The summed E-state index contributed by atoms with van der Waals surface area (Å²) in [5.41, 5.74) is 0.505. The van der Waals surface area contributed by atoms with Gasteiger partial charge in [0.05, 0.1) is 5.41 Å². The smallest absolute Gasteiger partial charge is 0.233 e. The number of rotatable bonds is 3. The Morgan fingerprint density at radius 1 is 1.32 bits per heavy atom. The van der Waals surface area contributed by atoms with Gasteiger partial charge in [-0.2, -0.15) is 0 Å². The van der Waals surface area contributed by atoms with Crippen molar-refractivity contribution in [3.63, 3.8) is 0 Å². The molecule has 2 rings (SSSR count). The number of aliphatic hydroxyl groups excluding tert-OH is 1. The number of hydrogen-bond donors (Lipinski definition) is 1. The zero-order chi connectivity index (χ0) is 13.9. The average molecular weight is 261 g/mol. The van der Waals surface area contributed by atoms with Gasteiger partial charge in [-0.25, -0.2) is 0 Å². The van der Waals surface area contributed by atoms with Gasteiger partial charge in [0.2, 0.25) is 5.91 Å². The van der Waals surface area contributed by atoms with Crippen LogP contribution in [0.4, 0.5) is 0 Å². The third-order valence-electron chi connectivity index (χ3n) is 4.37. The molecule has 0 aliphatic heterocycles. The Kier molecular flexibility index (Phi) is 4.25. The third-order valence-corrected chi connectivity index (χ3v) is 4.37. The molecule has 1 aromatic rings. The summed E-state index contributed by atoms with van der Waals surface area (Å²) in [6.45, 7) is 0.0779. The highest BCUT2D eigenvalue weighted by atomic mass is 16.3. The lowest BCUT2D eigenvalue weighted by molar-refractivity contribution is -0.139. The maximum absolute atomic E-state index is 12.8. The van der Waals surface area contributed by atoms with E-state index in [2.05, 4.69) is 0 Å². The number of benzene rings is 1. The summed E-state index contributed by atoms with van der Waals surface area (Å²) in [5.74, 6) is 0.149. The van der Waals surface area contributed by atoms with Crippen LogP contribution in [0.5, 0.6) is 0 Å². The number of carbonyl (C=O) groups excluding carboxylic acids is 1. The monoisotopic (exact) mass is 261 g/mol. The lowest BCUT2D eigenvalue weighted by Gasteiger charge is -2.44. The second-order valence-electron chi connectivity index (χ2n) is 5.66. The Bertz CT molecular complexity index is 430. The van der Waals surface area contributed by atoms with Gasteiger partial charge in [-0.1, -0.05) is 43.2 Å². The number of likely N-dealkylation sites (N-methyl/N-ethyl adjacent to an activating group) is 1.